The Labute approximate surface area is 170 Å². The molecule has 0 saturated carbocycles. The molecule has 4 atom stereocenters. The Morgan fingerprint density at radius 1 is 1.31 bits per heavy atom. The van der Waals surface area contributed by atoms with E-state index in [-0.39, 0.29) is 38.2 Å². The van der Waals surface area contributed by atoms with Crippen LogP contribution in [-0.4, -0.2) is 74.4 Å². The number of amides is 1. The van der Waals surface area contributed by atoms with E-state index in [2.05, 4.69) is 5.32 Å². The molecule has 0 aromatic heterocycles. The molecule has 10 heteroatoms. The van der Waals surface area contributed by atoms with Crippen LogP contribution in [0.1, 0.15) is 26.2 Å². The number of ether oxygens (including phenoxy) is 2. The minimum absolute atomic E-state index is 0.0587. The van der Waals surface area contributed by atoms with Crippen LogP contribution in [0.3, 0.4) is 0 Å². The van der Waals surface area contributed by atoms with E-state index >= 15 is 0 Å². The monoisotopic (exact) mass is 430 g/mol. The molecule has 2 saturated heterocycles. The van der Waals surface area contributed by atoms with Crippen molar-refractivity contribution in [1.29, 1.82) is 0 Å². The number of nitrogens with one attached hydrogen (secondary N) is 1. The fourth-order valence-corrected chi connectivity index (χ4v) is 5.61. The molecule has 2 fully saturated rings. The van der Waals surface area contributed by atoms with E-state index in [1.807, 2.05) is 6.92 Å². The Bertz CT molecular complexity index is 821. The van der Waals surface area contributed by atoms with Crippen LogP contribution in [-0.2, 0) is 24.3 Å². The number of carbonyl (C=O) groups excluding carboxylic acids is 1. The van der Waals surface area contributed by atoms with Gasteiger partial charge < -0.3 is 19.9 Å². The third-order valence-electron chi connectivity index (χ3n) is 5.14. The number of nitrogens with zero attached hydrogens (tertiary/aromatic N) is 1. The van der Waals surface area contributed by atoms with Crippen molar-refractivity contribution in [2.45, 2.75) is 55.4 Å². The number of aliphatic hydroxyl groups is 1. The van der Waals surface area contributed by atoms with Gasteiger partial charge in [0.2, 0.25) is 15.9 Å². The Hall–Kier alpha value is -1.59. The van der Waals surface area contributed by atoms with Crippen molar-refractivity contribution in [3.8, 4) is 0 Å². The summed E-state index contributed by atoms with van der Waals surface area (Å²) >= 11 is 0. The third kappa shape index (κ3) is 5.13. The summed E-state index contributed by atoms with van der Waals surface area (Å²) in [6.45, 7) is 2.15. The molecule has 1 aromatic carbocycles. The van der Waals surface area contributed by atoms with Crippen LogP contribution in [0.15, 0.2) is 29.2 Å². The highest BCUT2D eigenvalue weighted by Crippen LogP contribution is 2.32. The molecule has 0 aliphatic carbocycles. The predicted molar refractivity (Wildman–Crippen MR) is 102 cm³/mol. The second-order valence-electron chi connectivity index (χ2n) is 7.30. The standard InChI is InChI=1S/C19H27FN2O6S/c1-2-21-19(24)9-14-7-8-16-17(28-14)12-27-11-13(23)10-22(16)29(25,26)18-6-4-3-5-15(18)20/h3-6,13-14,16-17,23H,2,7-12H2,1H3,(H,21,24)/t13-,14+,16-,17+/m1/s1. The average molecular weight is 430 g/mol. The van der Waals surface area contributed by atoms with Crippen LogP contribution in [0.25, 0.3) is 0 Å². The van der Waals surface area contributed by atoms with Crippen molar-refractivity contribution < 1.29 is 32.2 Å². The van der Waals surface area contributed by atoms with Crippen molar-refractivity contribution >= 4 is 15.9 Å². The summed E-state index contributed by atoms with van der Waals surface area (Å²) in [7, 11) is -4.20. The van der Waals surface area contributed by atoms with Gasteiger partial charge in [-0.15, -0.1) is 0 Å². The van der Waals surface area contributed by atoms with Gasteiger partial charge in [0.1, 0.15) is 10.7 Å². The summed E-state index contributed by atoms with van der Waals surface area (Å²) in [6.07, 6.45) is -0.938. The Balaban J connectivity index is 1.85. The molecule has 2 aliphatic rings. The molecule has 3 rings (SSSR count). The SMILES string of the molecule is CCNC(=O)C[C@@H]1CC[C@@H]2[C@H](COC[C@H](O)CN2S(=O)(=O)c2ccccc2F)O1. The minimum atomic E-state index is -4.20. The van der Waals surface area contributed by atoms with Crippen LogP contribution in [0.4, 0.5) is 4.39 Å². The van der Waals surface area contributed by atoms with Crippen molar-refractivity contribution in [2.24, 2.45) is 0 Å². The zero-order valence-electron chi connectivity index (χ0n) is 16.3. The summed E-state index contributed by atoms with van der Waals surface area (Å²) < 4.78 is 53.3. The molecule has 2 aliphatic heterocycles. The molecular formula is C19H27FN2O6S. The predicted octanol–water partition coefficient (Wildman–Crippen LogP) is 0.650. The maximum absolute atomic E-state index is 14.3. The minimum Gasteiger partial charge on any atom is -0.389 e. The molecule has 0 spiro atoms. The highest BCUT2D eigenvalue weighted by Gasteiger charge is 2.43. The van der Waals surface area contributed by atoms with Gasteiger partial charge in [0, 0.05) is 13.1 Å². The smallest absolute Gasteiger partial charge is 0.246 e. The fraction of sp³-hybridized carbons (Fsp3) is 0.632. The summed E-state index contributed by atoms with van der Waals surface area (Å²) in [5.74, 6) is -0.975. The van der Waals surface area contributed by atoms with Crippen molar-refractivity contribution in [1.82, 2.24) is 9.62 Å². The van der Waals surface area contributed by atoms with Crippen molar-refractivity contribution in [3.63, 3.8) is 0 Å². The Morgan fingerprint density at radius 2 is 2.07 bits per heavy atom. The molecule has 1 amide bonds. The first-order chi connectivity index (χ1) is 13.8. The molecule has 162 valence electrons. The zero-order valence-corrected chi connectivity index (χ0v) is 17.1. The summed E-state index contributed by atoms with van der Waals surface area (Å²) in [5.41, 5.74) is 0. The number of β-amino-alcohol motifs (C(OH)–C–C–N with tert-alkyl or cyclic N) is 1. The van der Waals surface area contributed by atoms with Gasteiger partial charge >= 0.3 is 0 Å². The molecule has 8 nitrogen and oxygen atoms in total. The molecule has 2 N–H and O–H groups in total. The van der Waals surface area contributed by atoms with E-state index in [4.69, 9.17) is 9.47 Å². The molecule has 1 aromatic rings. The van der Waals surface area contributed by atoms with Gasteiger partial charge in [0.15, 0.2) is 0 Å². The highest BCUT2D eigenvalue weighted by atomic mass is 32.2. The van der Waals surface area contributed by atoms with Gasteiger partial charge in [-0.25, -0.2) is 12.8 Å². The quantitative estimate of drug-likeness (QED) is 0.711. The van der Waals surface area contributed by atoms with Gasteiger partial charge in [-0.1, -0.05) is 12.1 Å². The van der Waals surface area contributed by atoms with Crippen LogP contribution >= 0.6 is 0 Å². The fourth-order valence-electron chi connectivity index (χ4n) is 3.83. The third-order valence-corrected chi connectivity index (χ3v) is 7.07. The second-order valence-corrected chi connectivity index (χ2v) is 9.15. The van der Waals surface area contributed by atoms with Gasteiger partial charge in [-0.3, -0.25) is 4.79 Å². The number of sulfonamides is 1. The topological polar surface area (TPSA) is 105 Å². The average Bonchev–Trinajstić information content (AvgIpc) is 2.65. The maximum atomic E-state index is 14.3. The first-order valence-corrected chi connectivity index (χ1v) is 11.2. The lowest BCUT2D eigenvalue weighted by Crippen LogP contribution is -2.57. The van der Waals surface area contributed by atoms with Gasteiger partial charge in [0.05, 0.1) is 44.0 Å². The number of carbonyl (C=O) groups is 1. The van der Waals surface area contributed by atoms with E-state index < -0.39 is 39.0 Å². The molecule has 29 heavy (non-hydrogen) atoms. The second kappa shape index (κ2) is 9.48. The van der Waals surface area contributed by atoms with Crippen molar-refractivity contribution in [2.75, 3.05) is 26.3 Å². The number of hydrogen-bond donors (Lipinski definition) is 2. The molecule has 0 unspecified atom stereocenters. The van der Waals surface area contributed by atoms with E-state index in [1.54, 1.807) is 0 Å². The number of rotatable bonds is 5. The van der Waals surface area contributed by atoms with E-state index in [1.165, 1.54) is 18.2 Å². The van der Waals surface area contributed by atoms with Gasteiger partial charge in [0.25, 0.3) is 0 Å². The van der Waals surface area contributed by atoms with Crippen LogP contribution in [0, 0.1) is 5.82 Å². The number of fused-ring (bicyclic) bond motifs is 1. The first kappa shape index (κ1) is 22.1. The summed E-state index contributed by atoms with van der Waals surface area (Å²) in [5, 5.41) is 12.9. The number of benzene rings is 1. The zero-order chi connectivity index (χ0) is 21.0. The van der Waals surface area contributed by atoms with Crippen molar-refractivity contribution in [3.05, 3.63) is 30.1 Å². The number of hydrogen-bond acceptors (Lipinski definition) is 6. The molecule has 2 heterocycles. The molecule has 0 bridgehead atoms. The molecule has 0 radical (unpaired) electrons. The lowest BCUT2D eigenvalue weighted by Gasteiger charge is -2.43. The number of halogens is 1. The Morgan fingerprint density at radius 3 is 2.79 bits per heavy atom. The van der Waals surface area contributed by atoms with E-state index in [9.17, 15) is 22.7 Å². The highest BCUT2D eigenvalue weighted by molar-refractivity contribution is 7.89. The van der Waals surface area contributed by atoms with Crippen LogP contribution in [0.2, 0.25) is 0 Å². The lowest BCUT2D eigenvalue weighted by molar-refractivity contribution is -0.146. The van der Waals surface area contributed by atoms with Gasteiger partial charge in [-0.05, 0) is 31.9 Å². The summed E-state index contributed by atoms with van der Waals surface area (Å²) in [6, 6.07) is 4.55. The van der Waals surface area contributed by atoms with E-state index in [0.717, 1.165) is 10.4 Å². The first-order valence-electron chi connectivity index (χ1n) is 9.77. The number of aliphatic hydroxyl groups excluding tert-OH is 1. The Kier molecular flexibility index (Phi) is 7.23. The normalized spacial score (nSPS) is 28.8. The lowest BCUT2D eigenvalue weighted by atomic mass is 9.96. The van der Waals surface area contributed by atoms with Crippen LogP contribution < -0.4 is 5.32 Å². The van der Waals surface area contributed by atoms with E-state index in [0.29, 0.717) is 19.4 Å². The summed E-state index contributed by atoms with van der Waals surface area (Å²) in [4.78, 5) is 11.4. The van der Waals surface area contributed by atoms with Gasteiger partial charge in [-0.2, -0.15) is 4.31 Å². The largest absolute Gasteiger partial charge is 0.389 e. The molecular weight excluding hydrogens is 403 g/mol. The van der Waals surface area contributed by atoms with Crippen LogP contribution in [0.5, 0.6) is 0 Å². The maximum Gasteiger partial charge on any atom is 0.246 e.